The van der Waals surface area contributed by atoms with Gasteiger partial charge in [-0.25, -0.2) is 0 Å². The molecule has 3 rings (SSSR count). The summed E-state index contributed by atoms with van der Waals surface area (Å²) in [5.74, 6) is 0.486. The van der Waals surface area contributed by atoms with E-state index in [1.165, 1.54) is 12.8 Å². The van der Waals surface area contributed by atoms with E-state index in [9.17, 15) is 14.4 Å². The minimum atomic E-state index is -0.115. The van der Waals surface area contributed by atoms with E-state index in [0.29, 0.717) is 37.5 Å². The van der Waals surface area contributed by atoms with Gasteiger partial charge in [-0.2, -0.15) is 0 Å². The quantitative estimate of drug-likeness (QED) is 0.849. The van der Waals surface area contributed by atoms with Crippen LogP contribution in [0.1, 0.15) is 48.9 Å². The van der Waals surface area contributed by atoms with Crippen LogP contribution in [0, 0.1) is 11.8 Å². The van der Waals surface area contributed by atoms with Crippen molar-refractivity contribution in [2.45, 2.75) is 38.5 Å². The SMILES string of the molecule is O=C1CCN(C(=O)c2ccccc2)CCCC(C(=O)NCC2CC2)CCN1. The molecule has 0 radical (unpaired) electrons. The van der Waals surface area contributed by atoms with Gasteiger partial charge in [-0.15, -0.1) is 0 Å². The van der Waals surface area contributed by atoms with Gasteiger partial charge in [0.05, 0.1) is 0 Å². The van der Waals surface area contributed by atoms with Gasteiger partial charge in [0, 0.05) is 44.1 Å². The zero-order valence-corrected chi connectivity index (χ0v) is 15.8. The molecule has 1 heterocycles. The second-order valence-corrected chi connectivity index (χ2v) is 7.57. The van der Waals surface area contributed by atoms with Gasteiger partial charge >= 0.3 is 0 Å². The maximum Gasteiger partial charge on any atom is 0.253 e. The van der Waals surface area contributed by atoms with Crippen molar-refractivity contribution in [1.82, 2.24) is 15.5 Å². The van der Waals surface area contributed by atoms with E-state index < -0.39 is 0 Å². The maximum atomic E-state index is 12.8. The number of nitrogens with one attached hydrogen (secondary N) is 2. The molecular weight excluding hydrogens is 342 g/mol. The number of hydrogen-bond acceptors (Lipinski definition) is 3. The highest BCUT2D eigenvalue weighted by Crippen LogP contribution is 2.27. The summed E-state index contributed by atoms with van der Waals surface area (Å²) in [6, 6.07) is 9.14. The van der Waals surface area contributed by atoms with Crippen LogP contribution in [0.5, 0.6) is 0 Å². The molecule has 1 atom stereocenters. The van der Waals surface area contributed by atoms with Gasteiger partial charge in [-0.05, 0) is 50.2 Å². The van der Waals surface area contributed by atoms with Crippen LogP contribution < -0.4 is 10.6 Å². The molecule has 1 saturated heterocycles. The summed E-state index contributed by atoms with van der Waals surface area (Å²) >= 11 is 0. The van der Waals surface area contributed by atoms with Crippen molar-refractivity contribution < 1.29 is 14.4 Å². The molecule has 2 fully saturated rings. The van der Waals surface area contributed by atoms with Gasteiger partial charge in [-0.1, -0.05) is 18.2 Å². The van der Waals surface area contributed by atoms with Gasteiger partial charge in [0.1, 0.15) is 0 Å². The summed E-state index contributed by atoms with van der Waals surface area (Å²) in [4.78, 5) is 39.1. The third kappa shape index (κ3) is 6.08. The van der Waals surface area contributed by atoms with Gasteiger partial charge in [0.25, 0.3) is 5.91 Å². The lowest BCUT2D eigenvalue weighted by Crippen LogP contribution is -2.35. The molecule has 0 aromatic heterocycles. The van der Waals surface area contributed by atoms with Crippen LogP contribution in [0.3, 0.4) is 0 Å². The molecule has 146 valence electrons. The summed E-state index contributed by atoms with van der Waals surface area (Å²) in [5, 5.41) is 5.94. The van der Waals surface area contributed by atoms with E-state index in [1.807, 2.05) is 18.2 Å². The van der Waals surface area contributed by atoms with Crippen LogP contribution in [0.15, 0.2) is 30.3 Å². The molecule has 0 bridgehead atoms. The lowest BCUT2D eigenvalue weighted by molar-refractivity contribution is -0.126. The van der Waals surface area contributed by atoms with E-state index in [0.717, 1.165) is 19.4 Å². The number of rotatable bonds is 4. The number of carbonyl (C=O) groups is 3. The Bertz CT molecular complexity index is 658. The van der Waals surface area contributed by atoms with E-state index in [1.54, 1.807) is 17.0 Å². The van der Waals surface area contributed by atoms with Crippen LogP contribution in [0.2, 0.25) is 0 Å². The zero-order valence-electron chi connectivity index (χ0n) is 15.8. The Morgan fingerprint density at radius 3 is 2.59 bits per heavy atom. The topological polar surface area (TPSA) is 78.5 Å². The number of carbonyl (C=O) groups excluding carboxylic acids is 3. The lowest BCUT2D eigenvalue weighted by atomic mass is 9.98. The Hall–Kier alpha value is -2.37. The Morgan fingerprint density at radius 1 is 1.07 bits per heavy atom. The predicted molar refractivity (Wildman–Crippen MR) is 103 cm³/mol. The first kappa shape index (κ1) is 19.4. The molecule has 3 amide bonds. The largest absolute Gasteiger partial charge is 0.356 e. The average molecular weight is 371 g/mol. The number of nitrogens with zero attached hydrogens (tertiary/aromatic N) is 1. The summed E-state index contributed by atoms with van der Waals surface area (Å²) in [7, 11) is 0. The van der Waals surface area contributed by atoms with E-state index in [-0.39, 0.29) is 30.1 Å². The Labute approximate surface area is 160 Å². The van der Waals surface area contributed by atoms with Gasteiger partial charge < -0.3 is 15.5 Å². The summed E-state index contributed by atoms with van der Waals surface area (Å²) in [6.07, 6.45) is 4.83. The highest BCUT2D eigenvalue weighted by atomic mass is 16.2. The predicted octanol–water partition coefficient (Wildman–Crippen LogP) is 1.96. The molecule has 1 aromatic rings. The van der Waals surface area contributed by atoms with Crippen LogP contribution >= 0.6 is 0 Å². The monoisotopic (exact) mass is 371 g/mol. The van der Waals surface area contributed by atoms with Crippen LogP contribution in [-0.2, 0) is 9.59 Å². The second-order valence-electron chi connectivity index (χ2n) is 7.57. The molecule has 0 spiro atoms. The first-order valence-corrected chi connectivity index (χ1v) is 10.0. The first-order chi connectivity index (χ1) is 13.1. The first-order valence-electron chi connectivity index (χ1n) is 10.0. The van der Waals surface area contributed by atoms with Crippen LogP contribution in [0.4, 0.5) is 0 Å². The Balaban J connectivity index is 1.60. The third-order valence-corrected chi connectivity index (χ3v) is 5.35. The van der Waals surface area contributed by atoms with Crippen LogP contribution in [0.25, 0.3) is 0 Å². The van der Waals surface area contributed by atoms with Gasteiger partial charge in [-0.3, -0.25) is 14.4 Å². The molecule has 1 aromatic carbocycles. The highest BCUT2D eigenvalue weighted by Gasteiger charge is 2.25. The summed E-state index contributed by atoms with van der Waals surface area (Å²) in [6.45, 7) is 2.23. The second kappa shape index (κ2) is 9.53. The number of amides is 3. The molecule has 6 nitrogen and oxygen atoms in total. The molecule has 1 aliphatic heterocycles. The third-order valence-electron chi connectivity index (χ3n) is 5.35. The molecule has 1 saturated carbocycles. The van der Waals surface area contributed by atoms with Crippen molar-refractivity contribution in [2.75, 3.05) is 26.2 Å². The number of benzene rings is 1. The molecule has 1 aliphatic carbocycles. The van der Waals surface area contributed by atoms with Crippen molar-refractivity contribution >= 4 is 17.7 Å². The van der Waals surface area contributed by atoms with Crippen molar-refractivity contribution in [3.8, 4) is 0 Å². The normalized spacial score (nSPS) is 21.7. The van der Waals surface area contributed by atoms with Crippen LogP contribution in [-0.4, -0.2) is 48.8 Å². The minimum Gasteiger partial charge on any atom is -0.356 e. The van der Waals surface area contributed by atoms with Crippen molar-refractivity contribution in [1.29, 1.82) is 0 Å². The number of hydrogen-bond donors (Lipinski definition) is 2. The molecule has 2 N–H and O–H groups in total. The van der Waals surface area contributed by atoms with Gasteiger partial charge in [0.15, 0.2) is 0 Å². The minimum absolute atomic E-state index is 0.0580. The molecule has 6 heteroatoms. The molecule has 2 aliphatic rings. The van der Waals surface area contributed by atoms with E-state index in [2.05, 4.69) is 10.6 Å². The molecular formula is C21H29N3O3. The van der Waals surface area contributed by atoms with E-state index in [4.69, 9.17) is 0 Å². The fraction of sp³-hybridized carbons (Fsp3) is 0.571. The lowest BCUT2D eigenvalue weighted by Gasteiger charge is -2.23. The maximum absolute atomic E-state index is 12.8. The van der Waals surface area contributed by atoms with Crippen molar-refractivity contribution in [3.63, 3.8) is 0 Å². The fourth-order valence-corrected chi connectivity index (χ4v) is 3.44. The average Bonchev–Trinajstić information content (AvgIpc) is 3.51. The summed E-state index contributed by atoms with van der Waals surface area (Å²) in [5.41, 5.74) is 0.631. The van der Waals surface area contributed by atoms with E-state index >= 15 is 0 Å². The summed E-state index contributed by atoms with van der Waals surface area (Å²) < 4.78 is 0. The Kier molecular flexibility index (Phi) is 6.85. The van der Waals surface area contributed by atoms with Crippen molar-refractivity contribution in [2.24, 2.45) is 11.8 Å². The van der Waals surface area contributed by atoms with Gasteiger partial charge in [0.2, 0.25) is 11.8 Å². The smallest absolute Gasteiger partial charge is 0.253 e. The Morgan fingerprint density at radius 2 is 1.85 bits per heavy atom. The zero-order chi connectivity index (χ0) is 19.1. The highest BCUT2D eigenvalue weighted by molar-refractivity contribution is 5.94. The molecule has 1 unspecified atom stereocenters. The van der Waals surface area contributed by atoms with Crippen molar-refractivity contribution in [3.05, 3.63) is 35.9 Å². The fourth-order valence-electron chi connectivity index (χ4n) is 3.44. The molecule has 27 heavy (non-hydrogen) atoms. The standard InChI is InChI=1S/C21H29N3O3/c25-19-11-14-24(21(27)18-5-2-1-3-6-18)13-4-7-17(10-12-22-19)20(26)23-15-16-8-9-16/h1-3,5-6,16-17H,4,7-15H2,(H,22,25)(H,23,26).